The molecule has 6 nitrogen and oxygen atoms in total. The van der Waals surface area contributed by atoms with Crippen LogP contribution in [0.1, 0.15) is 49.4 Å². The number of rotatable bonds is 6. The Morgan fingerprint density at radius 3 is 2.60 bits per heavy atom. The highest BCUT2D eigenvalue weighted by Crippen LogP contribution is 2.27. The van der Waals surface area contributed by atoms with E-state index in [1.165, 1.54) is 6.07 Å². The quantitative estimate of drug-likeness (QED) is 0.784. The van der Waals surface area contributed by atoms with Gasteiger partial charge in [0, 0.05) is 5.75 Å². The van der Waals surface area contributed by atoms with Crippen LogP contribution in [0.3, 0.4) is 0 Å². The molecule has 1 aliphatic rings. The molecule has 0 spiro atoms. The predicted molar refractivity (Wildman–Crippen MR) is 93.2 cm³/mol. The van der Waals surface area contributed by atoms with Gasteiger partial charge < -0.3 is 10.1 Å². The predicted octanol–water partition coefficient (Wildman–Crippen LogP) is 2.31. The SMILES string of the molecule is CC[S@](=O)c1ccccc1C(=O)OCC(=O)NC1(C#N)CCCCC1. The number of amides is 1. The normalized spacial score (nSPS) is 17.1. The molecule has 0 aliphatic heterocycles. The topological polar surface area (TPSA) is 96.3 Å². The lowest BCUT2D eigenvalue weighted by Crippen LogP contribution is -2.50. The van der Waals surface area contributed by atoms with Crippen molar-refractivity contribution < 1.29 is 18.5 Å². The monoisotopic (exact) mass is 362 g/mol. The summed E-state index contributed by atoms with van der Waals surface area (Å²) in [4.78, 5) is 24.7. The van der Waals surface area contributed by atoms with Gasteiger partial charge in [0.1, 0.15) is 5.54 Å². The summed E-state index contributed by atoms with van der Waals surface area (Å²) in [5.74, 6) is -0.803. The Morgan fingerprint density at radius 1 is 1.28 bits per heavy atom. The number of hydrogen-bond donors (Lipinski definition) is 1. The van der Waals surface area contributed by atoms with Crippen LogP contribution in [0, 0.1) is 11.3 Å². The van der Waals surface area contributed by atoms with E-state index < -0.39 is 34.8 Å². The standard InChI is InChI=1S/C18H22N2O4S/c1-2-25(23)15-9-5-4-8-14(15)17(22)24-12-16(21)20-18(13-19)10-6-3-7-11-18/h4-5,8-9H,2-3,6-7,10-12H2,1H3,(H,20,21)/t25-/m0/s1. The van der Waals surface area contributed by atoms with Crippen LogP contribution >= 0.6 is 0 Å². The summed E-state index contributed by atoms with van der Waals surface area (Å²) in [5, 5.41) is 12.1. The Balaban J connectivity index is 1.97. The first kappa shape index (κ1) is 19.1. The summed E-state index contributed by atoms with van der Waals surface area (Å²) in [7, 11) is -1.30. The van der Waals surface area contributed by atoms with Gasteiger partial charge in [0.2, 0.25) is 0 Å². The van der Waals surface area contributed by atoms with E-state index in [0.717, 1.165) is 19.3 Å². The van der Waals surface area contributed by atoms with Crippen LogP contribution in [0.25, 0.3) is 0 Å². The fourth-order valence-corrected chi connectivity index (χ4v) is 3.86. The molecule has 1 aromatic rings. The summed E-state index contributed by atoms with van der Waals surface area (Å²) < 4.78 is 17.1. The molecule has 0 unspecified atom stereocenters. The van der Waals surface area contributed by atoms with Crippen LogP contribution in [0.15, 0.2) is 29.2 Å². The second-order valence-electron chi connectivity index (χ2n) is 6.01. The Bertz CT molecular complexity index is 705. The van der Waals surface area contributed by atoms with Gasteiger partial charge in [-0.2, -0.15) is 5.26 Å². The zero-order valence-electron chi connectivity index (χ0n) is 14.2. The molecule has 1 atom stereocenters. The minimum absolute atomic E-state index is 0.197. The molecule has 1 aromatic carbocycles. The van der Waals surface area contributed by atoms with E-state index in [1.54, 1.807) is 25.1 Å². The van der Waals surface area contributed by atoms with Crippen molar-refractivity contribution in [1.29, 1.82) is 5.26 Å². The van der Waals surface area contributed by atoms with Crippen molar-refractivity contribution >= 4 is 22.7 Å². The van der Waals surface area contributed by atoms with Crippen LogP contribution in [0.4, 0.5) is 0 Å². The summed E-state index contributed by atoms with van der Waals surface area (Å²) in [5.41, 5.74) is -0.660. The molecular formula is C18H22N2O4S. The Morgan fingerprint density at radius 2 is 1.96 bits per heavy atom. The molecule has 0 saturated heterocycles. The maximum absolute atomic E-state index is 12.2. The molecule has 1 fully saturated rings. The first-order chi connectivity index (χ1) is 12.0. The van der Waals surface area contributed by atoms with Gasteiger partial charge in [-0.3, -0.25) is 9.00 Å². The highest BCUT2D eigenvalue weighted by atomic mass is 32.2. The van der Waals surface area contributed by atoms with Crippen molar-refractivity contribution in [1.82, 2.24) is 5.32 Å². The molecule has 1 N–H and O–H groups in total. The van der Waals surface area contributed by atoms with E-state index in [9.17, 15) is 19.1 Å². The molecule has 0 bridgehead atoms. The number of carbonyl (C=O) groups is 2. The van der Waals surface area contributed by atoms with E-state index >= 15 is 0 Å². The minimum atomic E-state index is -1.30. The summed E-state index contributed by atoms with van der Waals surface area (Å²) in [6, 6.07) is 8.68. The Kier molecular flexibility index (Phi) is 6.71. The Hall–Kier alpha value is -2.20. The number of nitrogens with one attached hydrogen (secondary N) is 1. The lowest BCUT2D eigenvalue weighted by Gasteiger charge is -2.31. The zero-order valence-corrected chi connectivity index (χ0v) is 15.1. The highest BCUT2D eigenvalue weighted by molar-refractivity contribution is 7.85. The smallest absolute Gasteiger partial charge is 0.339 e. The van der Waals surface area contributed by atoms with E-state index in [4.69, 9.17) is 4.74 Å². The van der Waals surface area contributed by atoms with Crippen molar-refractivity contribution in [3.8, 4) is 6.07 Å². The lowest BCUT2D eigenvalue weighted by molar-refractivity contribution is -0.125. The maximum atomic E-state index is 12.2. The molecule has 7 heteroatoms. The molecule has 0 radical (unpaired) electrons. The van der Waals surface area contributed by atoms with Gasteiger partial charge in [0.05, 0.1) is 27.3 Å². The maximum Gasteiger partial charge on any atom is 0.339 e. The molecule has 134 valence electrons. The number of nitriles is 1. The third kappa shape index (κ3) is 4.89. The second kappa shape index (κ2) is 8.77. The van der Waals surface area contributed by atoms with Gasteiger partial charge in [-0.1, -0.05) is 38.3 Å². The number of benzene rings is 1. The average molecular weight is 362 g/mol. The van der Waals surface area contributed by atoms with Crippen molar-refractivity contribution in [2.24, 2.45) is 0 Å². The minimum Gasteiger partial charge on any atom is -0.452 e. The third-order valence-electron chi connectivity index (χ3n) is 4.25. The van der Waals surface area contributed by atoms with Gasteiger partial charge in [-0.15, -0.1) is 0 Å². The van der Waals surface area contributed by atoms with Crippen molar-refractivity contribution in [3.05, 3.63) is 29.8 Å². The number of esters is 1. The molecule has 0 aromatic heterocycles. The molecule has 1 amide bonds. The van der Waals surface area contributed by atoms with E-state index in [1.807, 2.05) is 0 Å². The summed E-state index contributed by atoms with van der Waals surface area (Å²) in [6.07, 6.45) is 4.07. The molecule has 1 aliphatic carbocycles. The summed E-state index contributed by atoms with van der Waals surface area (Å²) >= 11 is 0. The third-order valence-corrected chi connectivity index (χ3v) is 5.62. The number of hydrogen-bond acceptors (Lipinski definition) is 5. The summed E-state index contributed by atoms with van der Waals surface area (Å²) in [6.45, 7) is 1.30. The first-order valence-electron chi connectivity index (χ1n) is 8.38. The van der Waals surface area contributed by atoms with Gasteiger partial charge >= 0.3 is 5.97 Å². The number of carbonyl (C=O) groups excluding carboxylic acids is 2. The fraction of sp³-hybridized carbons (Fsp3) is 0.500. The van der Waals surface area contributed by atoms with Crippen molar-refractivity contribution in [2.45, 2.75) is 49.5 Å². The average Bonchev–Trinajstić information content (AvgIpc) is 2.66. The first-order valence-corrected chi connectivity index (χ1v) is 9.70. The van der Waals surface area contributed by atoms with Crippen LogP contribution in [0.2, 0.25) is 0 Å². The molecule has 1 saturated carbocycles. The lowest BCUT2D eigenvalue weighted by atomic mass is 9.83. The molecular weight excluding hydrogens is 340 g/mol. The molecule has 25 heavy (non-hydrogen) atoms. The fourth-order valence-electron chi connectivity index (χ4n) is 2.92. The Labute approximate surface area is 150 Å². The van der Waals surface area contributed by atoms with Gasteiger partial charge in [-0.25, -0.2) is 4.79 Å². The molecule has 2 rings (SSSR count). The van der Waals surface area contributed by atoms with Crippen LogP contribution in [-0.2, 0) is 20.3 Å². The van der Waals surface area contributed by atoms with Crippen LogP contribution in [0.5, 0.6) is 0 Å². The van der Waals surface area contributed by atoms with E-state index in [0.29, 0.717) is 23.5 Å². The second-order valence-corrected chi connectivity index (χ2v) is 7.72. The highest BCUT2D eigenvalue weighted by Gasteiger charge is 2.33. The largest absolute Gasteiger partial charge is 0.452 e. The van der Waals surface area contributed by atoms with Crippen LogP contribution in [-0.4, -0.2) is 34.0 Å². The van der Waals surface area contributed by atoms with Crippen molar-refractivity contribution in [2.75, 3.05) is 12.4 Å². The van der Waals surface area contributed by atoms with Gasteiger partial charge in [-0.05, 0) is 25.0 Å². The van der Waals surface area contributed by atoms with Crippen LogP contribution < -0.4 is 5.32 Å². The van der Waals surface area contributed by atoms with Gasteiger partial charge in [0.15, 0.2) is 6.61 Å². The zero-order chi connectivity index (χ0) is 18.3. The number of nitrogens with zero attached hydrogens (tertiary/aromatic N) is 1. The molecule has 0 heterocycles. The van der Waals surface area contributed by atoms with Crippen molar-refractivity contribution in [3.63, 3.8) is 0 Å². The van der Waals surface area contributed by atoms with E-state index in [-0.39, 0.29) is 5.56 Å². The number of ether oxygens (including phenoxy) is 1. The van der Waals surface area contributed by atoms with E-state index in [2.05, 4.69) is 11.4 Å². The van der Waals surface area contributed by atoms with Gasteiger partial charge in [0.25, 0.3) is 5.91 Å².